The maximum atomic E-state index is 5.83. The summed E-state index contributed by atoms with van der Waals surface area (Å²) in [6, 6.07) is 8.39. The predicted octanol–water partition coefficient (Wildman–Crippen LogP) is 4.16. The molecule has 0 spiro atoms. The fourth-order valence-electron chi connectivity index (χ4n) is 1.57. The summed E-state index contributed by atoms with van der Waals surface area (Å²) in [5, 5.41) is 0.895. The van der Waals surface area contributed by atoms with Gasteiger partial charge in [-0.1, -0.05) is 44.7 Å². The third-order valence-electron chi connectivity index (χ3n) is 2.69. The average molecular weight is 294 g/mol. The summed E-state index contributed by atoms with van der Waals surface area (Å²) in [4.78, 5) is 9.05. The quantitative estimate of drug-likeness (QED) is 0.667. The second-order valence-electron chi connectivity index (χ2n) is 5.28. The molecule has 2 N–H and O–H groups in total. The van der Waals surface area contributed by atoms with Gasteiger partial charge in [0, 0.05) is 4.90 Å². The largest absolute Gasteiger partial charge is 0.395 e. The lowest BCUT2D eigenvalue weighted by Crippen LogP contribution is -2.10. The van der Waals surface area contributed by atoms with Crippen molar-refractivity contribution < 1.29 is 0 Å². The van der Waals surface area contributed by atoms with Crippen LogP contribution in [0.1, 0.15) is 26.3 Å². The molecule has 0 saturated heterocycles. The van der Waals surface area contributed by atoms with Crippen molar-refractivity contribution in [1.82, 2.24) is 9.97 Å². The molecule has 5 heteroatoms. The minimum absolute atomic E-state index is 0.153. The first-order valence-electron chi connectivity index (χ1n) is 5.92. The Kier molecular flexibility index (Phi) is 4.02. The topological polar surface area (TPSA) is 51.8 Å². The smallest absolute Gasteiger partial charge is 0.223 e. The van der Waals surface area contributed by atoms with Gasteiger partial charge in [-0.25, -0.2) is 9.97 Å². The Bertz CT molecular complexity index is 576. The summed E-state index contributed by atoms with van der Waals surface area (Å²) in [6.45, 7) is 6.58. The molecule has 1 aromatic heterocycles. The summed E-state index contributed by atoms with van der Waals surface area (Å²) < 4.78 is 0. The highest BCUT2D eigenvalue weighted by molar-refractivity contribution is 7.99. The lowest BCUT2D eigenvalue weighted by Gasteiger charge is -2.19. The van der Waals surface area contributed by atoms with Gasteiger partial charge in [-0.05, 0) is 34.7 Å². The Hall–Kier alpha value is -1.26. The zero-order valence-electron chi connectivity index (χ0n) is 11.1. The third kappa shape index (κ3) is 3.61. The van der Waals surface area contributed by atoms with Crippen molar-refractivity contribution in [2.75, 3.05) is 5.73 Å². The number of hydrogen-bond acceptors (Lipinski definition) is 4. The number of halogens is 1. The van der Waals surface area contributed by atoms with Crippen LogP contribution in [0.3, 0.4) is 0 Å². The fourth-order valence-corrected chi connectivity index (χ4v) is 2.55. The van der Waals surface area contributed by atoms with Crippen LogP contribution in [0.25, 0.3) is 0 Å². The number of hydrogen-bond donors (Lipinski definition) is 1. The van der Waals surface area contributed by atoms with E-state index in [1.165, 1.54) is 23.5 Å². The van der Waals surface area contributed by atoms with Gasteiger partial charge in [-0.2, -0.15) is 0 Å². The van der Waals surface area contributed by atoms with Gasteiger partial charge >= 0.3 is 0 Å². The Morgan fingerprint density at radius 1 is 1.16 bits per heavy atom. The second-order valence-corrected chi connectivity index (χ2v) is 6.68. The lowest BCUT2D eigenvalue weighted by molar-refractivity contribution is 0.590. The van der Waals surface area contributed by atoms with E-state index < -0.39 is 0 Å². The number of benzene rings is 1. The van der Waals surface area contributed by atoms with Gasteiger partial charge in [0.15, 0.2) is 0 Å². The molecule has 0 fully saturated rings. The van der Waals surface area contributed by atoms with Crippen LogP contribution in [0, 0.1) is 0 Å². The molecule has 2 aromatic rings. The highest BCUT2D eigenvalue weighted by atomic mass is 35.5. The number of aromatic nitrogens is 2. The van der Waals surface area contributed by atoms with Gasteiger partial charge in [0.25, 0.3) is 0 Å². The van der Waals surface area contributed by atoms with Crippen LogP contribution in [-0.2, 0) is 5.41 Å². The van der Waals surface area contributed by atoms with Gasteiger partial charge in [-0.3, -0.25) is 0 Å². The van der Waals surface area contributed by atoms with Crippen molar-refractivity contribution in [3.05, 3.63) is 41.3 Å². The Morgan fingerprint density at radius 2 is 1.79 bits per heavy atom. The van der Waals surface area contributed by atoms with E-state index in [-0.39, 0.29) is 10.7 Å². The molecular weight excluding hydrogens is 278 g/mol. The Morgan fingerprint density at radius 3 is 2.37 bits per heavy atom. The molecule has 2 rings (SSSR count). The summed E-state index contributed by atoms with van der Waals surface area (Å²) in [7, 11) is 0. The monoisotopic (exact) mass is 293 g/mol. The number of rotatable bonds is 2. The summed E-state index contributed by atoms with van der Waals surface area (Å²) in [6.07, 6.45) is 1.53. The van der Waals surface area contributed by atoms with Gasteiger partial charge < -0.3 is 5.73 Å². The van der Waals surface area contributed by atoms with Crippen molar-refractivity contribution in [1.29, 1.82) is 0 Å². The predicted molar refractivity (Wildman–Crippen MR) is 80.7 cm³/mol. The molecule has 0 unspecified atom stereocenters. The minimum atomic E-state index is 0.153. The maximum Gasteiger partial charge on any atom is 0.223 e. The van der Waals surface area contributed by atoms with Crippen LogP contribution < -0.4 is 5.73 Å². The molecule has 0 aliphatic heterocycles. The third-order valence-corrected chi connectivity index (χ3v) is 3.90. The second kappa shape index (κ2) is 5.39. The van der Waals surface area contributed by atoms with Gasteiger partial charge in [-0.15, -0.1) is 0 Å². The van der Waals surface area contributed by atoms with E-state index in [9.17, 15) is 0 Å². The zero-order valence-corrected chi connectivity index (χ0v) is 12.7. The van der Waals surface area contributed by atoms with Crippen LogP contribution >= 0.6 is 23.4 Å². The average Bonchev–Trinajstić information content (AvgIpc) is 2.33. The van der Waals surface area contributed by atoms with E-state index in [4.69, 9.17) is 17.3 Å². The molecule has 0 aliphatic carbocycles. The minimum Gasteiger partial charge on any atom is -0.395 e. The van der Waals surface area contributed by atoms with Crippen LogP contribution in [0.2, 0.25) is 5.28 Å². The highest BCUT2D eigenvalue weighted by Gasteiger charge is 2.13. The molecule has 0 atom stereocenters. The van der Waals surface area contributed by atoms with Gasteiger partial charge in [0.2, 0.25) is 5.28 Å². The van der Waals surface area contributed by atoms with Crippen LogP contribution in [0.5, 0.6) is 0 Å². The number of anilines is 1. The van der Waals surface area contributed by atoms with E-state index in [1.54, 1.807) is 0 Å². The summed E-state index contributed by atoms with van der Waals surface area (Å²) in [5.41, 5.74) is 7.82. The molecule has 1 heterocycles. The van der Waals surface area contributed by atoms with Gasteiger partial charge in [0.05, 0.1) is 11.9 Å². The molecular formula is C14H16ClN3S. The van der Waals surface area contributed by atoms with Crippen LogP contribution in [0.15, 0.2) is 40.4 Å². The summed E-state index contributed by atoms with van der Waals surface area (Å²) >= 11 is 7.26. The van der Waals surface area contributed by atoms with Crippen molar-refractivity contribution in [2.45, 2.75) is 36.1 Å². The normalized spacial score (nSPS) is 11.6. The van der Waals surface area contributed by atoms with E-state index >= 15 is 0 Å². The number of nitrogen functional groups attached to an aromatic ring is 1. The molecule has 1 aromatic carbocycles. The number of nitrogens with zero attached hydrogens (tertiary/aromatic N) is 2. The molecule has 0 aliphatic rings. The molecule has 100 valence electrons. The zero-order chi connectivity index (χ0) is 14.0. The SMILES string of the molecule is CC(C)(C)c1ccc(Sc2nc(Cl)ncc2N)cc1. The molecule has 0 radical (unpaired) electrons. The first-order valence-corrected chi connectivity index (χ1v) is 7.12. The van der Waals surface area contributed by atoms with Crippen molar-refractivity contribution in [3.63, 3.8) is 0 Å². The summed E-state index contributed by atoms with van der Waals surface area (Å²) in [5.74, 6) is 0. The number of nitrogens with two attached hydrogens (primary N) is 1. The molecule has 3 nitrogen and oxygen atoms in total. The molecule has 19 heavy (non-hydrogen) atoms. The molecule has 0 amide bonds. The van der Waals surface area contributed by atoms with Crippen molar-refractivity contribution in [2.24, 2.45) is 0 Å². The fraction of sp³-hybridized carbons (Fsp3) is 0.286. The Labute approximate surface area is 122 Å². The van der Waals surface area contributed by atoms with E-state index in [1.807, 2.05) is 0 Å². The van der Waals surface area contributed by atoms with Crippen molar-refractivity contribution >= 4 is 29.1 Å². The van der Waals surface area contributed by atoms with E-state index in [0.29, 0.717) is 10.7 Å². The first kappa shape index (κ1) is 14.2. The molecule has 0 bridgehead atoms. The van der Waals surface area contributed by atoms with Crippen molar-refractivity contribution in [3.8, 4) is 0 Å². The first-order chi connectivity index (χ1) is 8.86. The Balaban J connectivity index is 2.22. The maximum absolute atomic E-state index is 5.83. The standard InChI is InChI=1S/C14H16ClN3S/c1-14(2,3)9-4-6-10(7-5-9)19-12-11(16)8-17-13(15)18-12/h4-8H,16H2,1-3H3. The van der Waals surface area contributed by atoms with E-state index in [2.05, 4.69) is 55.0 Å². The lowest BCUT2D eigenvalue weighted by atomic mass is 9.87. The van der Waals surface area contributed by atoms with E-state index in [0.717, 1.165) is 4.90 Å². The molecule has 0 saturated carbocycles. The van der Waals surface area contributed by atoms with Crippen LogP contribution in [0.4, 0.5) is 5.69 Å². The van der Waals surface area contributed by atoms with Crippen LogP contribution in [-0.4, -0.2) is 9.97 Å². The van der Waals surface area contributed by atoms with Gasteiger partial charge in [0.1, 0.15) is 5.03 Å². The highest BCUT2D eigenvalue weighted by Crippen LogP contribution is 2.32.